The first-order valence-electron chi connectivity index (χ1n) is 15.8. The van der Waals surface area contributed by atoms with E-state index in [1.54, 1.807) is 13.8 Å². The van der Waals surface area contributed by atoms with E-state index in [0.29, 0.717) is 37.2 Å². The number of hydrogen-bond acceptors (Lipinski definition) is 9. The number of rotatable bonds is 7. The van der Waals surface area contributed by atoms with E-state index < -0.39 is 46.6 Å². The van der Waals surface area contributed by atoms with Gasteiger partial charge in [0, 0.05) is 30.6 Å². The van der Waals surface area contributed by atoms with E-state index in [1.165, 1.54) is 0 Å². The second kappa shape index (κ2) is 13.3. The van der Waals surface area contributed by atoms with E-state index >= 15 is 0 Å². The van der Waals surface area contributed by atoms with Crippen LogP contribution >= 0.6 is 0 Å². The molecule has 3 fully saturated rings. The number of aryl methyl sites for hydroxylation is 1. The Labute approximate surface area is 259 Å². The largest absolute Gasteiger partial charge is 0.458 e. The van der Waals surface area contributed by atoms with Gasteiger partial charge in [-0.2, -0.15) is 0 Å². The van der Waals surface area contributed by atoms with Crippen LogP contribution in [0, 0.1) is 22.7 Å². The summed E-state index contributed by atoms with van der Waals surface area (Å²) in [6.07, 6.45) is -0.620. The van der Waals surface area contributed by atoms with Crippen LogP contribution in [0.15, 0.2) is 41.5 Å². The van der Waals surface area contributed by atoms with Gasteiger partial charge in [-0.1, -0.05) is 57.5 Å². The highest BCUT2D eigenvalue weighted by atomic mass is 16.5. The molecular weight excluding hydrogens is 566 g/mol. The normalized spacial score (nSPS) is 35.4. The average Bonchev–Trinajstić information content (AvgIpc) is 2.95. The number of benzene rings is 1. The fourth-order valence-electron chi connectivity index (χ4n) is 7.70. The summed E-state index contributed by atoms with van der Waals surface area (Å²) in [5, 5.41) is 34.8. The summed E-state index contributed by atoms with van der Waals surface area (Å²) in [6.45, 7) is 10.2. The molecule has 6 unspecified atom stereocenters. The lowest BCUT2D eigenvalue weighted by Gasteiger charge is -2.62. The molecule has 2 saturated carbocycles. The van der Waals surface area contributed by atoms with Crippen LogP contribution in [0.3, 0.4) is 0 Å². The number of aliphatic hydroxyl groups excluding tert-OH is 2. The molecule has 8 atom stereocenters. The highest BCUT2D eigenvalue weighted by molar-refractivity contribution is 5.93. The zero-order valence-electron chi connectivity index (χ0n) is 26.6. The summed E-state index contributed by atoms with van der Waals surface area (Å²) in [5.41, 5.74) is 3.24. The van der Waals surface area contributed by atoms with Gasteiger partial charge >= 0.3 is 12.1 Å². The molecule has 5 rings (SSSR count). The van der Waals surface area contributed by atoms with Crippen molar-refractivity contribution < 1.29 is 43.9 Å². The lowest BCUT2D eigenvalue weighted by atomic mass is 9.47. The Hall–Kier alpha value is -2.79. The highest BCUT2D eigenvalue weighted by Gasteiger charge is 2.67. The number of ketones is 1. The monoisotopic (exact) mass is 615 g/mol. The molecule has 1 saturated heterocycles. The van der Waals surface area contributed by atoms with Crippen molar-refractivity contribution in [3.8, 4) is 0 Å². The predicted molar refractivity (Wildman–Crippen MR) is 162 cm³/mol. The van der Waals surface area contributed by atoms with Gasteiger partial charge in [0.1, 0.15) is 12.2 Å². The number of Topliss-reactive ketones (excluding diaryl/α,β-unsaturated/α-hetero) is 1. The fourth-order valence-corrected chi connectivity index (χ4v) is 7.70. The zero-order valence-corrected chi connectivity index (χ0v) is 26.6. The Morgan fingerprint density at radius 3 is 2.39 bits per heavy atom. The molecule has 1 aromatic carbocycles. The minimum atomic E-state index is -1.50. The van der Waals surface area contributed by atoms with E-state index in [-0.39, 0.29) is 43.2 Å². The van der Waals surface area contributed by atoms with Crippen LogP contribution in [-0.2, 0) is 30.2 Å². The number of nitrogens with two attached hydrogens (primary N) is 1. The number of esters is 1. The van der Waals surface area contributed by atoms with Crippen LogP contribution < -0.4 is 5.73 Å². The smallest absolute Gasteiger partial charge is 0.404 e. The molecule has 1 aliphatic heterocycles. The van der Waals surface area contributed by atoms with Gasteiger partial charge in [-0.05, 0) is 55.7 Å². The maximum absolute atomic E-state index is 13.9. The Balaban J connectivity index is 0.000000488. The molecule has 2 bridgehead atoms. The van der Waals surface area contributed by atoms with Crippen molar-refractivity contribution >= 4 is 17.8 Å². The molecule has 0 spiro atoms. The number of carbonyl (C=O) groups is 3. The SMILES string of the molecule is CC1=C2C(O)C(=O)C3(C)C(O)CC4OC[C@H]4C3CC(O)(C[C@@H]1OC(=O)CCc1ccccc1)C2(C)C.CCCCOC(N)=O. The molecular formula is C34H49NO9. The molecule has 1 heterocycles. The number of ether oxygens (including phenoxy) is 3. The van der Waals surface area contributed by atoms with Crippen molar-refractivity contribution in [2.45, 2.75) is 110 Å². The minimum Gasteiger partial charge on any atom is -0.458 e. The van der Waals surface area contributed by atoms with Crippen molar-refractivity contribution in [3.05, 3.63) is 47.0 Å². The molecule has 244 valence electrons. The van der Waals surface area contributed by atoms with Crippen LogP contribution in [0.25, 0.3) is 0 Å². The van der Waals surface area contributed by atoms with Crippen LogP contribution in [-0.4, -0.2) is 76.4 Å². The second-order valence-electron chi connectivity index (χ2n) is 13.6. The summed E-state index contributed by atoms with van der Waals surface area (Å²) < 4.78 is 16.0. The van der Waals surface area contributed by atoms with Crippen molar-refractivity contribution in [1.29, 1.82) is 0 Å². The van der Waals surface area contributed by atoms with Gasteiger partial charge in [-0.15, -0.1) is 0 Å². The zero-order chi connectivity index (χ0) is 32.4. The topological polar surface area (TPSA) is 166 Å². The molecule has 10 heteroatoms. The Bertz CT molecular complexity index is 1250. The van der Waals surface area contributed by atoms with E-state index in [4.69, 9.17) is 9.47 Å². The third kappa shape index (κ3) is 6.32. The highest BCUT2D eigenvalue weighted by Crippen LogP contribution is 2.61. The van der Waals surface area contributed by atoms with Gasteiger partial charge in [-0.3, -0.25) is 9.59 Å². The first-order chi connectivity index (χ1) is 20.7. The van der Waals surface area contributed by atoms with E-state index in [1.807, 2.05) is 51.1 Å². The van der Waals surface area contributed by atoms with Crippen LogP contribution in [0.5, 0.6) is 0 Å². The molecule has 1 amide bonds. The number of hydrogen-bond donors (Lipinski definition) is 4. The van der Waals surface area contributed by atoms with Gasteiger partial charge < -0.3 is 35.3 Å². The maximum Gasteiger partial charge on any atom is 0.404 e. The first kappa shape index (κ1) is 34.1. The standard InChI is InChI=1S/C29H38O7.C5H11NO2/c1-16-21(36-23(31)11-10-17-8-6-5-7-9-17)14-29(34)13-19-18-15-35-20(18)12-22(30)28(19,4)26(33)25(32)24(16)27(29,2)3;1-2-3-4-8-5(6)7/h5-9,18-22,25,30,32,34H,10-15H2,1-4H3;2-4H2,1H3,(H2,6,7)/t18-,19?,20?,21-,22?,25?,28?,29?;/m0./s1. The Morgan fingerprint density at radius 1 is 1.11 bits per heavy atom. The lowest BCUT2D eigenvalue weighted by Crippen LogP contribution is -2.69. The van der Waals surface area contributed by atoms with Gasteiger partial charge in [0.15, 0.2) is 5.78 Å². The summed E-state index contributed by atoms with van der Waals surface area (Å²) in [5.74, 6) is -1.14. The Morgan fingerprint density at radius 2 is 1.80 bits per heavy atom. The molecule has 0 radical (unpaired) electrons. The fraction of sp³-hybridized carbons (Fsp3) is 0.676. The van der Waals surface area contributed by atoms with Crippen molar-refractivity contribution in [1.82, 2.24) is 0 Å². The number of unbranched alkanes of at least 4 members (excludes halogenated alkanes) is 1. The molecule has 0 aromatic heterocycles. The number of aliphatic hydroxyl groups is 3. The number of fused-ring (bicyclic) bond motifs is 5. The van der Waals surface area contributed by atoms with Crippen LogP contribution in [0.1, 0.15) is 78.7 Å². The van der Waals surface area contributed by atoms with E-state index in [2.05, 4.69) is 10.5 Å². The first-order valence-corrected chi connectivity index (χ1v) is 15.8. The summed E-state index contributed by atoms with van der Waals surface area (Å²) in [6, 6.07) is 9.69. The van der Waals surface area contributed by atoms with Crippen molar-refractivity contribution in [3.63, 3.8) is 0 Å². The number of carbonyl (C=O) groups excluding carboxylic acids is 3. The molecule has 1 aromatic rings. The predicted octanol–water partition coefficient (Wildman–Crippen LogP) is 3.63. The summed E-state index contributed by atoms with van der Waals surface area (Å²) in [4.78, 5) is 36.6. The number of amides is 1. The Kier molecular flexibility index (Phi) is 10.3. The van der Waals surface area contributed by atoms with Gasteiger partial charge in [0.25, 0.3) is 0 Å². The average molecular weight is 616 g/mol. The second-order valence-corrected chi connectivity index (χ2v) is 13.6. The van der Waals surface area contributed by atoms with E-state index in [0.717, 1.165) is 18.4 Å². The number of primary amides is 1. The third-order valence-electron chi connectivity index (χ3n) is 10.8. The molecule has 4 aliphatic rings. The lowest BCUT2D eigenvalue weighted by molar-refractivity contribution is -0.243. The maximum atomic E-state index is 13.9. The van der Waals surface area contributed by atoms with Gasteiger partial charge in [0.2, 0.25) is 0 Å². The molecule has 44 heavy (non-hydrogen) atoms. The third-order valence-corrected chi connectivity index (χ3v) is 10.8. The van der Waals surface area contributed by atoms with Gasteiger partial charge in [-0.25, -0.2) is 4.79 Å². The molecule has 3 aliphatic carbocycles. The molecule has 10 nitrogen and oxygen atoms in total. The molecule has 5 N–H and O–H groups in total. The van der Waals surface area contributed by atoms with Gasteiger partial charge in [0.05, 0.1) is 36.4 Å². The van der Waals surface area contributed by atoms with Crippen molar-refractivity contribution in [2.75, 3.05) is 13.2 Å². The summed E-state index contributed by atoms with van der Waals surface area (Å²) in [7, 11) is 0. The minimum absolute atomic E-state index is 0.0230. The summed E-state index contributed by atoms with van der Waals surface area (Å²) >= 11 is 0. The van der Waals surface area contributed by atoms with Crippen LogP contribution in [0.4, 0.5) is 4.79 Å². The van der Waals surface area contributed by atoms with Crippen LogP contribution in [0.2, 0.25) is 0 Å². The quantitative estimate of drug-likeness (QED) is 0.204. The van der Waals surface area contributed by atoms with Crippen molar-refractivity contribution in [2.24, 2.45) is 28.4 Å². The van der Waals surface area contributed by atoms with E-state index in [9.17, 15) is 29.7 Å².